The Morgan fingerprint density at radius 2 is 1.71 bits per heavy atom. The second-order valence-electron chi connectivity index (χ2n) is 5.79. The van der Waals surface area contributed by atoms with Gasteiger partial charge in [-0.3, -0.25) is 4.79 Å². The third-order valence-electron chi connectivity index (χ3n) is 3.90. The summed E-state index contributed by atoms with van der Waals surface area (Å²) in [5, 5.41) is 13.5. The van der Waals surface area contributed by atoms with Crippen LogP contribution in [0.1, 0.15) is 40.3 Å². The van der Waals surface area contributed by atoms with Crippen LogP contribution in [-0.2, 0) is 11.2 Å². The Bertz CT molecular complexity index is 686. The fourth-order valence-electron chi connectivity index (χ4n) is 2.93. The number of anilines is 1. The predicted octanol–water partition coefficient (Wildman–Crippen LogP) is 3.27. The van der Waals surface area contributed by atoms with Gasteiger partial charge in [-0.2, -0.15) is 0 Å². The number of hydrogen-bond donors (Lipinski definition) is 2. The molecule has 2 N–H and O–H groups in total. The number of aliphatic hydroxyl groups is 1. The second kappa shape index (κ2) is 5.34. The van der Waals surface area contributed by atoms with Gasteiger partial charge in [-0.1, -0.05) is 41.5 Å². The van der Waals surface area contributed by atoms with Gasteiger partial charge in [0.15, 0.2) is 0 Å². The molecular formula is C18H19NO2. The molecule has 1 heterocycles. The van der Waals surface area contributed by atoms with E-state index in [1.54, 1.807) is 0 Å². The lowest BCUT2D eigenvalue weighted by molar-refractivity contribution is -0.116. The number of aryl methyl sites for hydroxylation is 3. The molecule has 21 heavy (non-hydrogen) atoms. The minimum absolute atomic E-state index is 0.0603. The number of carbonyl (C=O) groups excluding carboxylic acids is 1. The molecule has 1 unspecified atom stereocenters. The van der Waals surface area contributed by atoms with Crippen LogP contribution in [0.2, 0.25) is 0 Å². The van der Waals surface area contributed by atoms with Crippen LogP contribution in [0.25, 0.3) is 0 Å². The molecule has 0 aliphatic carbocycles. The number of aliphatic hydroxyl groups excluding tert-OH is 1. The van der Waals surface area contributed by atoms with Crippen molar-refractivity contribution in [2.75, 3.05) is 5.32 Å². The zero-order valence-corrected chi connectivity index (χ0v) is 12.3. The number of nitrogens with one attached hydrogen (secondary N) is 1. The maximum Gasteiger partial charge on any atom is 0.224 e. The van der Waals surface area contributed by atoms with Crippen LogP contribution in [0.5, 0.6) is 0 Å². The zero-order chi connectivity index (χ0) is 15.0. The molecule has 0 saturated carbocycles. The first-order chi connectivity index (χ1) is 10.0. The molecule has 0 saturated heterocycles. The van der Waals surface area contributed by atoms with Gasteiger partial charge in [0.2, 0.25) is 5.91 Å². The lowest BCUT2D eigenvalue weighted by atomic mass is 9.94. The third kappa shape index (κ3) is 2.83. The zero-order valence-electron chi connectivity index (χ0n) is 12.3. The first-order valence-electron chi connectivity index (χ1n) is 7.22. The summed E-state index contributed by atoms with van der Waals surface area (Å²) >= 11 is 0. The molecule has 1 amide bonds. The maximum absolute atomic E-state index is 11.4. The number of rotatable bonds is 2. The summed E-state index contributed by atoms with van der Waals surface area (Å²) in [4.78, 5) is 11.4. The number of amides is 1. The van der Waals surface area contributed by atoms with Gasteiger partial charge in [-0.05, 0) is 43.0 Å². The van der Waals surface area contributed by atoms with E-state index in [4.69, 9.17) is 0 Å². The van der Waals surface area contributed by atoms with Gasteiger partial charge in [-0.15, -0.1) is 0 Å². The smallest absolute Gasteiger partial charge is 0.224 e. The molecule has 0 aromatic heterocycles. The topological polar surface area (TPSA) is 49.3 Å². The van der Waals surface area contributed by atoms with Crippen molar-refractivity contribution in [2.45, 2.75) is 32.8 Å². The van der Waals surface area contributed by atoms with Crippen LogP contribution in [0.4, 0.5) is 5.69 Å². The summed E-state index contributed by atoms with van der Waals surface area (Å²) in [6.45, 7) is 4.07. The quantitative estimate of drug-likeness (QED) is 0.887. The number of hydrogen-bond acceptors (Lipinski definition) is 2. The van der Waals surface area contributed by atoms with E-state index in [1.807, 2.05) is 44.2 Å². The molecule has 0 spiro atoms. The highest BCUT2D eigenvalue weighted by molar-refractivity contribution is 5.93. The molecule has 108 valence electrons. The van der Waals surface area contributed by atoms with Crippen molar-refractivity contribution >= 4 is 11.6 Å². The van der Waals surface area contributed by atoms with Crippen LogP contribution in [0.3, 0.4) is 0 Å². The van der Waals surface area contributed by atoms with Crippen LogP contribution in [0.15, 0.2) is 36.4 Å². The standard InChI is InChI=1S/C18H19NO2/c1-11-7-12(2)9-15(8-11)18(21)14-3-5-16-13(10-14)4-6-17(20)19-16/h3,5,7-10,18,21H,4,6H2,1-2H3,(H,19,20). The Morgan fingerprint density at radius 1 is 1.00 bits per heavy atom. The highest BCUT2D eigenvalue weighted by Gasteiger charge is 2.18. The molecule has 1 atom stereocenters. The van der Waals surface area contributed by atoms with Gasteiger partial charge in [0, 0.05) is 12.1 Å². The molecule has 3 rings (SSSR count). The normalized spacial score (nSPS) is 15.3. The first-order valence-corrected chi connectivity index (χ1v) is 7.22. The van der Waals surface area contributed by atoms with Crippen LogP contribution < -0.4 is 5.32 Å². The van der Waals surface area contributed by atoms with E-state index in [-0.39, 0.29) is 5.91 Å². The summed E-state index contributed by atoms with van der Waals surface area (Å²) in [6.07, 6.45) is 0.608. The predicted molar refractivity (Wildman–Crippen MR) is 83.4 cm³/mol. The number of carbonyl (C=O) groups is 1. The van der Waals surface area contributed by atoms with Gasteiger partial charge in [-0.25, -0.2) is 0 Å². The Kier molecular flexibility index (Phi) is 3.52. The average Bonchev–Trinajstić information content (AvgIpc) is 2.45. The molecule has 3 nitrogen and oxygen atoms in total. The number of benzene rings is 2. The molecule has 2 aromatic carbocycles. The van der Waals surface area contributed by atoms with E-state index >= 15 is 0 Å². The van der Waals surface area contributed by atoms with Crippen molar-refractivity contribution < 1.29 is 9.90 Å². The highest BCUT2D eigenvalue weighted by atomic mass is 16.3. The molecule has 3 heteroatoms. The van der Waals surface area contributed by atoms with E-state index in [0.29, 0.717) is 6.42 Å². The van der Waals surface area contributed by atoms with Gasteiger partial charge in [0.1, 0.15) is 6.10 Å². The van der Waals surface area contributed by atoms with Crippen molar-refractivity contribution in [2.24, 2.45) is 0 Å². The van der Waals surface area contributed by atoms with E-state index in [9.17, 15) is 9.90 Å². The lowest BCUT2D eigenvalue weighted by Crippen LogP contribution is -2.19. The highest BCUT2D eigenvalue weighted by Crippen LogP contribution is 2.29. The molecule has 1 aliphatic rings. The van der Waals surface area contributed by atoms with E-state index in [2.05, 4.69) is 11.4 Å². The second-order valence-corrected chi connectivity index (χ2v) is 5.79. The molecule has 0 fully saturated rings. The summed E-state index contributed by atoms with van der Waals surface area (Å²) in [5.41, 5.74) is 6.03. The summed E-state index contributed by atoms with van der Waals surface area (Å²) < 4.78 is 0. The van der Waals surface area contributed by atoms with Gasteiger partial charge in [0.25, 0.3) is 0 Å². The van der Waals surface area contributed by atoms with Gasteiger partial charge in [0.05, 0.1) is 0 Å². The van der Waals surface area contributed by atoms with Crippen molar-refractivity contribution in [3.05, 3.63) is 64.2 Å². The maximum atomic E-state index is 11.4. The molecule has 2 aromatic rings. The van der Waals surface area contributed by atoms with Gasteiger partial charge >= 0.3 is 0 Å². The average molecular weight is 281 g/mol. The lowest BCUT2D eigenvalue weighted by Gasteiger charge is -2.20. The summed E-state index contributed by atoms with van der Waals surface area (Å²) in [5.74, 6) is 0.0603. The summed E-state index contributed by atoms with van der Waals surface area (Å²) in [6, 6.07) is 11.9. The fourth-order valence-corrected chi connectivity index (χ4v) is 2.93. The monoisotopic (exact) mass is 281 g/mol. The molecular weight excluding hydrogens is 262 g/mol. The van der Waals surface area contributed by atoms with Gasteiger partial charge < -0.3 is 10.4 Å². The summed E-state index contributed by atoms with van der Waals surface area (Å²) in [7, 11) is 0. The minimum atomic E-state index is -0.633. The molecule has 1 aliphatic heterocycles. The fraction of sp³-hybridized carbons (Fsp3) is 0.278. The van der Waals surface area contributed by atoms with E-state index < -0.39 is 6.10 Å². The molecule has 0 radical (unpaired) electrons. The van der Waals surface area contributed by atoms with Crippen molar-refractivity contribution in [1.82, 2.24) is 0 Å². The number of fused-ring (bicyclic) bond motifs is 1. The first kappa shape index (κ1) is 13.8. The van der Waals surface area contributed by atoms with Crippen molar-refractivity contribution in [1.29, 1.82) is 0 Å². The van der Waals surface area contributed by atoms with Crippen LogP contribution in [0, 0.1) is 13.8 Å². The van der Waals surface area contributed by atoms with Crippen LogP contribution in [-0.4, -0.2) is 11.0 Å². The van der Waals surface area contributed by atoms with E-state index in [0.717, 1.165) is 39.9 Å². The van der Waals surface area contributed by atoms with Crippen LogP contribution >= 0.6 is 0 Å². The Morgan fingerprint density at radius 3 is 2.43 bits per heavy atom. The van der Waals surface area contributed by atoms with E-state index in [1.165, 1.54) is 0 Å². The third-order valence-corrected chi connectivity index (χ3v) is 3.90. The Labute approximate surface area is 124 Å². The Hall–Kier alpha value is -2.13. The SMILES string of the molecule is Cc1cc(C)cc(C(O)c2ccc3c(c2)CCC(=O)N3)c1. The van der Waals surface area contributed by atoms with Crippen molar-refractivity contribution in [3.63, 3.8) is 0 Å². The largest absolute Gasteiger partial charge is 0.384 e. The minimum Gasteiger partial charge on any atom is -0.384 e. The Balaban J connectivity index is 1.94. The molecule has 0 bridgehead atoms. The van der Waals surface area contributed by atoms with Crippen molar-refractivity contribution in [3.8, 4) is 0 Å².